The predicted molar refractivity (Wildman–Crippen MR) is 85.3 cm³/mol. The minimum atomic E-state index is -4.70. The van der Waals surface area contributed by atoms with Gasteiger partial charge in [-0.25, -0.2) is 9.97 Å². The number of hydrogen-bond acceptors (Lipinski definition) is 4. The molecule has 1 N–H and O–H groups in total. The highest BCUT2D eigenvalue weighted by Crippen LogP contribution is 2.27. The van der Waals surface area contributed by atoms with Gasteiger partial charge < -0.3 is 10.1 Å². The van der Waals surface area contributed by atoms with E-state index in [-0.39, 0.29) is 5.75 Å². The number of ether oxygens (including phenoxy) is 1. The van der Waals surface area contributed by atoms with Gasteiger partial charge in [0.25, 0.3) is 0 Å². The number of nitrogens with zero attached hydrogens (tertiary/aromatic N) is 2. The molecule has 0 aliphatic rings. The fraction of sp³-hybridized carbons (Fsp3) is 0.176. The fourth-order valence-electron chi connectivity index (χ4n) is 2.30. The Labute approximate surface area is 136 Å². The van der Waals surface area contributed by atoms with Gasteiger partial charge in [0.1, 0.15) is 17.9 Å². The third-order valence-corrected chi connectivity index (χ3v) is 3.46. The number of nitrogens with one attached hydrogen (secondary N) is 1. The first-order valence-corrected chi connectivity index (χ1v) is 7.31. The molecule has 4 nitrogen and oxygen atoms in total. The standard InChI is InChI=1S/C17H14F3N3O/c1-2-11-3-8-15-14(9-11)16(22-10-21-15)23-12-4-6-13(7-5-12)24-17(18,19)20/h3-10H,2H2,1H3,(H,21,22,23). The van der Waals surface area contributed by atoms with Crippen molar-refractivity contribution in [1.82, 2.24) is 9.97 Å². The van der Waals surface area contributed by atoms with Crippen LogP contribution in [0, 0.1) is 0 Å². The van der Waals surface area contributed by atoms with Crippen LogP contribution in [-0.2, 0) is 6.42 Å². The van der Waals surface area contributed by atoms with Crippen molar-refractivity contribution in [2.24, 2.45) is 0 Å². The largest absolute Gasteiger partial charge is 0.573 e. The number of aryl methyl sites for hydroxylation is 1. The average molecular weight is 333 g/mol. The number of anilines is 2. The lowest BCUT2D eigenvalue weighted by molar-refractivity contribution is -0.274. The highest BCUT2D eigenvalue weighted by Gasteiger charge is 2.30. The SMILES string of the molecule is CCc1ccc2ncnc(Nc3ccc(OC(F)(F)F)cc3)c2c1. The van der Waals surface area contributed by atoms with Gasteiger partial charge >= 0.3 is 6.36 Å². The van der Waals surface area contributed by atoms with E-state index in [4.69, 9.17) is 0 Å². The number of halogens is 3. The van der Waals surface area contributed by atoms with Crippen LogP contribution in [0.3, 0.4) is 0 Å². The van der Waals surface area contributed by atoms with Crippen molar-refractivity contribution in [2.45, 2.75) is 19.7 Å². The topological polar surface area (TPSA) is 47.0 Å². The number of rotatable bonds is 4. The van der Waals surface area contributed by atoms with Crippen molar-refractivity contribution in [3.8, 4) is 5.75 Å². The number of aromatic nitrogens is 2. The third kappa shape index (κ3) is 3.73. The van der Waals surface area contributed by atoms with Crippen molar-refractivity contribution >= 4 is 22.4 Å². The maximum absolute atomic E-state index is 12.2. The molecule has 7 heteroatoms. The van der Waals surface area contributed by atoms with E-state index in [1.165, 1.54) is 30.6 Å². The Bertz CT molecular complexity index is 848. The average Bonchev–Trinajstić information content (AvgIpc) is 2.55. The molecule has 0 saturated carbocycles. The predicted octanol–water partition coefficient (Wildman–Crippen LogP) is 4.83. The molecule has 0 amide bonds. The van der Waals surface area contributed by atoms with Crippen LogP contribution in [0.15, 0.2) is 48.8 Å². The van der Waals surface area contributed by atoms with Crippen LogP contribution < -0.4 is 10.1 Å². The molecule has 0 spiro atoms. The van der Waals surface area contributed by atoms with Crippen molar-refractivity contribution in [2.75, 3.05) is 5.32 Å². The summed E-state index contributed by atoms with van der Waals surface area (Å²) in [5.74, 6) is 0.327. The third-order valence-electron chi connectivity index (χ3n) is 3.46. The van der Waals surface area contributed by atoms with Crippen LogP contribution in [0.2, 0.25) is 0 Å². The molecule has 2 aromatic carbocycles. The first-order chi connectivity index (χ1) is 11.4. The molecule has 0 radical (unpaired) electrons. The van der Waals surface area contributed by atoms with Crippen molar-refractivity contribution in [3.05, 3.63) is 54.4 Å². The van der Waals surface area contributed by atoms with E-state index in [2.05, 4.69) is 26.9 Å². The molecule has 24 heavy (non-hydrogen) atoms. The minimum absolute atomic E-state index is 0.270. The van der Waals surface area contributed by atoms with E-state index in [1.807, 2.05) is 18.2 Å². The molecule has 124 valence electrons. The second-order valence-electron chi connectivity index (χ2n) is 5.12. The monoisotopic (exact) mass is 333 g/mol. The molecule has 0 saturated heterocycles. The van der Waals surface area contributed by atoms with E-state index in [0.717, 1.165) is 22.9 Å². The Morgan fingerprint density at radius 1 is 1.04 bits per heavy atom. The molecule has 0 aliphatic carbocycles. The second-order valence-corrected chi connectivity index (χ2v) is 5.12. The Kier molecular flexibility index (Phi) is 4.24. The molecule has 1 heterocycles. The maximum atomic E-state index is 12.2. The van der Waals surface area contributed by atoms with Gasteiger partial charge in [0, 0.05) is 11.1 Å². The van der Waals surface area contributed by atoms with Crippen molar-refractivity contribution in [1.29, 1.82) is 0 Å². The van der Waals surface area contributed by atoms with E-state index < -0.39 is 6.36 Å². The summed E-state index contributed by atoms with van der Waals surface area (Å²) in [5, 5.41) is 3.95. The summed E-state index contributed by atoms with van der Waals surface area (Å²) in [7, 11) is 0. The highest BCUT2D eigenvalue weighted by atomic mass is 19.4. The number of benzene rings is 2. The lowest BCUT2D eigenvalue weighted by Crippen LogP contribution is -2.16. The van der Waals surface area contributed by atoms with E-state index in [0.29, 0.717) is 11.5 Å². The quantitative estimate of drug-likeness (QED) is 0.742. The molecular formula is C17H14F3N3O. The van der Waals surface area contributed by atoms with Crippen LogP contribution in [0.1, 0.15) is 12.5 Å². The molecule has 0 aliphatic heterocycles. The van der Waals surface area contributed by atoms with Gasteiger partial charge in [-0.2, -0.15) is 0 Å². The Hall–Kier alpha value is -2.83. The van der Waals surface area contributed by atoms with Gasteiger partial charge in [-0.05, 0) is 48.4 Å². The van der Waals surface area contributed by atoms with Crippen molar-refractivity contribution < 1.29 is 17.9 Å². The van der Waals surface area contributed by atoms with Crippen LogP contribution >= 0.6 is 0 Å². The molecule has 3 rings (SSSR count). The second kappa shape index (κ2) is 6.35. The van der Waals surface area contributed by atoms with E-state index in [1.54, 1.807) is 0 Å². The lowest BCUT2D eigenvalue weighted by Gasteiger charge is -2.11. The molecule has 0 fully saturated rings. The summed E-state index contributed by atoms with van der Waals surface area (Å²) in [6, 6.07) is 11.4. The summed E-state index contributed by atoms with van der Waals surface area (Å²) in [6.45, 7) is 2.05. The fourth-order valence-corrected chi connectivity index (χ4v) is 2.30. The molecule has 0 bridgehead atoms. The summed E-state index contributed by atoms with van der Waals surface area (Å²) in [4.78, 5) is 8.44. The molecule has 1 aromatic heterocycles. The van der Waals surface area contributed by atoms with Gasteiger partial charge in [-0.3, -0.25) is 0 Å². The van der Waals surface area contributed by atoms with Crippen LogP contribution in [-0.4, -0.2) is 16.3 Å². The summed E-state index contributed by atoms with van der Waals surface area (Å²) in [5.41, 5.74) is 2.54. The zero-order chi connectivity index (χ0) is 17.2. The van der Waals surface area contributed by atoms with Crippen molar-refractivity contribution in [3.63, 3.8) is 0 Å². The van der Waals surface area contributed by atoms with Crippen LogP contribution in [0.5, 0.6) is 5.75 Å². The Morgan fingerprint density at radius 2 is 1.79 bits per heavy atom. The summed E-state index contributed by atoms with van der Waals surface area (Å²) >= 11 is 0. The first-order valence-electron chi connectivity index (χ1n) is 7.31. The number of alkyl halides is 3. The highest BCUT2D eigenvalue weighted by molar-refractivity contribution is 5.91. The number of hydrogen-bond donors (Lipinski definition) is 1. The minimum Gasteiger partial charge on any atom is -0.406 e. The summed E-state index contributed by atoms with van der Waals surface area (Å²) in [6.07, 6.45) is -2.38. The smallest absolute Gasteiger partial charge is 0.406 e. The van der Waals surface area contributed by atoms with Gasteiger partial charge in [0.05, 0.1) is 5.52 Å². The van der Waals surface area contributed by atoms with E-state index in [9.17, 15) is 13.2 Å². The number of fused-ring (bicyclic) bond motifs is 1. The Morgan fingerprint density at radius 3 is 2.46 bits per heavy atom. The maximum Gasteiger partial charge on any atom is 0.573 e. The first kappa shape index (κ1) is 16.0. The lowest BCUT2D eigenvalue weighted by atomic mass is 10.1. The van der Waals surface area contributed by atoms with E-state index >= 15 is 0 Å². The van der Waals surface area contributed by atoms with Gasteiger partial charge in [-0.15, -0.1) is 13.2 Å². The zero-order valence-electron chi connectivity index (χ0n) is 12.8. The van der Waals surface area contributed by atoms with Crippen LogP contribution in [0.4, 0.5) is 24.7 Å². The van der Waals surface area contributed by atoms with Gasteiger partial charge in [0.15, 0.2) is 0 Å². The molecule has 0 unspecified atom stereocenters. The normalized spacial score (nSPS) is 11.5. The van der Waals surface area contributed by atoms with Gasteiger partial charge in [0.2, 0.25) is 0 Å². The summed E-state index contributed by atoms with van der Waals surface area (Å²) < 4.78 is 40.4. The van der Waals surface area contributed by atoms with Gasteiger partial charge in [-0.1, -0.05) is 13.0 Å². The zero-order valence-corrected chi connectivity index (χ0v) is 12.8. The Balaban J connectivity index is 1.87. The molecule has 3 aromatic rings. The van der Waals surface area contributed by atoms with Crippen LogP contribution in [0.25, 0.3) is 10.9 Å². The molecule has 0 atom stereocenters. The molecular weight excluding hydrogens is 319 g/mol.